The monoisotopic (exact) mass is 190 g/mol. The Kier molecular flexibility index (Phi) is 4.31. The molecule has 4 heteroatoms. The second-order valence-electron chi connectivity index (χ2n) is 3.13. The normalized spacial score (nSPS) is 11.0. The maximum absolute atomic E-state index is 10.7. The van der Waals surface area contributed by atoms with Crippen molar-refractivity contribution in [1.82, 2.24) is 0 Å². The third kappa shape index (κ3) is 6.22. The quantitative estimate of drug-likeness (QED) is 0.634. The van der Waals surface area contributed by atoms with E-state index in [9.17, 15) is 9.59 Å². The minimum absolute atomic E-state index is 0.0344. The van der Waals surface area contributed by atoms with Crippen molar-refractivity contribution in [3.05, 3.63) is 0 Å². The van der Waals surface area contributed by atoms with E-state index in [-0.39, 0.29) is 22.4 Å². The summed E-state index contributed by atoms with van der Waals surface area (Å²) in [6, 6.07) is 0. The minimum Gasteiger partial charge on any atom is -0.464 e. The van der Waals surface area contributed by atoms with Crippen LogP contribution in [0.1, 0.15) is 27.7 Å². The molecule has 0 aromatic rings. The lowest BCUT2D eigenvalue weighted by Crippen LogP contribution is -2.25. The van der Waals surface area contributed by atoms with E-state index >= 15 is 0 Å². The van der Waals surface area contributed by atoms with Crippen LogP contribution in [-0.4, -0.2) is 22.4 Å². The van der Waals surface area contributed by atoms with Gasteiger partial charge in [0.2, 0.25) is 0 Å². The molecule has 0 atom stereocenters. The van der Waals surface area contributed by atoms with Gasteiger partial charge in [-0.05, 0) is 13.8 Å². The summed E-state index contributed by atoms with van der Waals surface area (Å²) >= 11 is 1.18. The van der Waals surface area contributed by atoms with Crippen LogP contribution < -0.4 is 0 Å². The third-order valence-corrected chi connectivity index (χ3v) is 2.00. The van der Waals surface area contributed by atoms with Gasteiger partial charge in [0.05, 0.1) is 4.75 Å². The number of hydrogen-bond donors (Lipinski definition) is 0. The molecule has 0 aromatic carbocycles. The van der Waals surface area contributed by atoms with E-state index in [4.69, 9.17) is 4.74 Å². The summed E-state index contributed by atoms with van der Waals surface area (Å²) < 4.78 is 4.47. The SMILES string of the molecule is CC(=O)OCC(C)(C)SC(C)=O. The average molecular weight is 190 g/mol. The molecule has 0 bridgehead atoms. The highest BCUT2D eigenvalue weighted by Gasteiger charge is 2.22. The van der Waals surface area contributed by atoms with Gasteiger partial charge in [-0.1, -0.05) is 11.8 Å². The summed E-state index contributed by atoms with van der Waals surface area (Å²) in [6.45, 7) is 6.85. The van der Waals surface area contributed by atoms with Crippen LogP contribution in [0.15, 0.2) is 0 Å². The average Bonchev–Trinajstić information content (AvgIpc) is 1.81. The van der Waals surface area contributed by atoms with E-state index in [1.807, 2.05) is 13.8 Å². The Balaban J connectivity index is 3.86. The number of thioether (sulfide) groups is 1. The Morgan fingerprint density at radius 2 is 1.83 bits per heavy atom. The summed E-state index contributed by atoms with van der Waals surface area (Å²) in [7, 11) is 0. The highest BCUT2D eigenvalue weighted by atomic mass is 32.2. The molecule has 0 radical (unpaired) electrons. The molecule has 0 fully saturated rings. The lowest BCUT2D eigenvalue weighted by Gasteiger charge is -2.21. The predicted molar refractivity (Wildman–Crippen MR) is 49.0 cm³/mol. The summed E-state index contributed by atoms with van der Waals surface area (Å²) in [5.74, 6) is -0.313. The van der Waals surface area contributed by atoms with Crippen molar-refractivity contribution in [1.29, 1.82) is 0 Å². The van der Waals surface area contributed by atoms with Crippen LogP contribution in [0, 0.1) is 0 Å². The first-order valence-electron chi connectivity index (χ1n) is 3.66. The van der Waals surface area contributed by atoms with Crippen LogP contribution in [-0.2, 0) is 14.3 Å². The molecule has 0 aromatic heterocycles. The number of carbonyl (C=O) groups excluding carboxylic acids is 2. The van der Waals surface area contributed by atoms with Crippen LogP contribution in [0.25, 0.3) is 0 Å². The molecule has 70 valence electrons. The Labute approximate surface area is 76.9 Å². The fourth-order valence-corrected chi connectivity index (χ4v) is 1.59. The molecule has 12 heavy (non-hydrogen) atoms. The molecular formula is C8H14O3S. The van der Waals surface area contributed by atoms with Crippen molar-refractivity contribution in [3.63, 3.8) is 0 Å². The van der Waals surface area contributed by atoms with E-state index in [0.717, 1.165) is 0 Å². The molecule has 0 saturated heterocycles. The number of hydrogen-bond acceptors (Lipinski definition) is 4. The second-order valence-corrected chi connectivity index (χ2v) is 5.02. The van der Waals surface area contributed by atoms with Gasteiger partial charge in [0.25, 0.3) is 0 Å². The first kappa shape index (κ1) is 11.5. The molecule has 0 aliphatic rings. The molecule has 0 rings (SSSR count). The van der Waals surface area contributed by atoms with Gasteiger partial charge in [0, 0.05) is 13.8 Å². The zero-order valence-electron chi connectivity index (χ0n) is 7.84. The van der Waals surface area contributed by atoms with Crippen molar-refractivity contribution < 1.29 is 14.3 Å². The highest BCUT2D eigenvalue weighted by Crippen LogP contribution is 2.24. The molecule has 0 spiro atoms. The number of rotatable bonds is 3. The van der Waals surface area contributed by atoms with Gasteiger partial charge in [-0.25, -0.2) is 0 Å². The van der Waals surface area contributed by atoms with Crippen LogP contribution in [0.3, 0.4) is 0 Å². The van der Waals surface area contributed by atoms with Crippen LogP contribution in [0.5, 0.6) is 0 Å². The first-order valence-corrected chi connectivity index (χ1v) is 4.48. The van der Waals surface area contributed by atoms with Crippen molar-refractivity contribution >= 4 is 22.8 Å². The van der Waals surface area contributed by atoms with Crippen LogP contribution in [0.2, 0.25) is 0 Å². The van der Waals surface area contributed by atoms with Crippen molar-refractivity contribution in [2.24, 2.45) is 0 Å². The van der Waals surface area contributed by atoms with Crippen LogP contribution in [0.4, 0.5) is 0 Å². The van der Waals surface area contributed by atoms with Gasteiger partial charge in [-0.15, -0.1) is 0 Å². The maximum Gasteiger partial charge on any atom is 0.302 e. The van der Waals surface area contributed by atoms with Gasteiger partial charge >= 0.3 is 5.97 Å². The third-order valence-electron chi connectivity index (χ3n) is 1.04. The Morgan fingerprint density at radius 1 is 1.33 bits per heavy atom. The molecule has 0 N–H and O–H groups in total. The lowest BCUT2D eigenvalue weighted by atomic mass is 10.2. The molecular weight excluding hydrogens is 176 g/mol. The fraction of sp³-hybridized carbons (Fsp3) is 0.750. The Bertz CT molecular complexity index is 187. The Hall–Kier alpha value is -0.510. The zero-order chi connectivity index (χ0) is 9.78. The number of ether oxygens (including phenoxy) is 1. The van der Waals surface area contributed by atoms with Gasteiger partial charge in [-0.3, -0.25) is 9.59 Å². The van der Waals surface area contributed by atoms with E-state index < -0.39 is 0 Å². The van der Waals surface area contributed by atoms with E-state index in [1.165, 1.54) is 25.6 Å². The minimum atomic E-state index is -0.322. The van der Waals surface area contributed by atoms with Crippen molar-refractivity contribution in [2.45, 2.75) is 32.4 Å². The second kappa shape index (κ2) is 4.50. The summed E-state index contributed by atoms with van der Waals surface area (Å²) in [4.78, 5) is 21.2. The molecule has 0 amide bonds. The summed E-state index contributed by atoms with van der Waals surface area (Å²) in [5, 5.41) is 0.0344. The molecule has 0 aliphatic heterocycles. The van der Waals surface area contributed by atoms with Gasteiger partial charge in [-0.2, -0.15) is 0 Å². The van der Waals surface area contributed by atoms with E-state index in [1.54, 1.807) is 0 Å². The molecule has 0 unspecified atom stereocenters. The number of esters is 1. The smallest absolute Gasteiger partial charge is 0.302 e. The largest absolute Gasteiger partial charge is 0.464 e. The Morgan fingerprint density at radius 3 is 2.17 bits per heavy atom. The van der Waals surface area contributed by atoms with Crippen molar-refractivity contribution in [2.75, 3.05) is 6.61 Å². The van der Waals surface area contributed by atoms with Crippen molar-refractivity contribution in [3.8, 4) is 0 Å². The lowest BCUT2D eigenvalue weighted by molar-refractivity contribution is -0.141. The highest BCUT2D eigenvalue weighted by molar-refractivity contribution is 8.14. The first-order chi connectivity index (χ1) is 5.33. The predicted octanol–water partition coefficient (Wildman–Crippen LogP) is 1.61. The van der Waals surface area contributed by atoms with E-state index in [0.29, 0.717) is 0 Å². The summed E-state index contributed by atoms with van der Waals surface area (Å²) in [6.07, 6.45) is 0. The van der Waals surface area contributed by atoms with Gasteiger partial charge in [0.1, 0.15) is 6.61 Å². The molecule has 0 heterocycles. The van der Waals surface area contributed by atoms with E-state index in [2.05, 4.69) is 0 Å². The van der Waals surface area contributed by atoms with Gasteiger partial charge in [0.15, 0.2) is 5.12 Å². The molecule has 0 saturated carbocycles. The fourth-order valence-electron chi connectivity index (χ4n) is 0.694. The zero-order valence-corrected chi connectivity index (χ0v) is 8.66. The number of carbonyl (C=O) groups is 2. The molecule has 3 nitrogen and oxygen atoms in total. The van der Waals surface area contributed by atoms with Gasteiger partial charge < -0.3 is 4.74 Å². The topological polar surface area (TPSA) is 43.4 Å². The van der Waals surface area contributed by atoms with Crippen LogP contribution >= 0.6 is 11.8 Å². The molecule has 0 aliphatic carbocycles. The standard InChI is InChI=1S/C8H14O3S/c1-6(9)11-5-8(3,4)12-7(2)10/h5H2,1-4H3. The maximum atomic E-state index is 10.7. The summed E-state index contributed by atoms with van der Waals surface area (Å²) in [5.41, 5.74) is 0.